The molecule has 46 heavy (non-hydrogen) atoms. The Morgan fingerprint density at radius 2 is 1.63 bits per heavy atom. The molecule has 2 atom stereocenters. The molecule has 2 amide bonds. The molecule has 3 N–H and O–H groups in total. The minimum atomic E-state index is -0.706. The summed E-state index contributed by atoms with van der Waals surface area (Å²) >= 11 is 6.23. The molecule has 0 aliphatic carbocycles. The van der Waals surface area contributed by atoms with E-state index in [0.717, 1.165) is 51.0 Å². The van der Waals surface area contributed by atoms with Crippen molar-refractivity contribution in [3.05, 3.63) is 107 Å². The van der Waals surface area contributed by atoms with E-state index in [9.17, 15) is 9.59 Å². The average Bonchev–Trinajstić information content (AvgIpc) is 3.07. The number of benzene rings is 3. The number of nitrogens with two attached hydrogens (primary N) is 1. The monoisotopic (exact) mass is 644 g/mol. The number of primary amides is 1. The first-order valence-electron chi connectivity index (χ1n) is 16.8. The third kappa shape index (κ3) is 7.93. The first kappa shape index (κ1) is 34.0. The number of esters is 1. The number of rotatable bonds is 12. The molecule has 0 bridgehead atoms. The number of likely N-dealkylation sites (tertiary alicyclic amines) is 1. The molecule has 3 aromatic carbocycles. The highest BCUT2D eigenvalue weighted by Crippen LogP contribution is 2.41. The van der Waals surface area contributed by atoms with E-state index in [-0.39, 0.29) is 29.5 Å². The van der Waals surface area contributed by atoms with E-state index in [1.807, 2.05) is 48.2 Å². The minimum absolute atomic E-state index is 0.0278. The van der Waals surface area contributed by atoms with Crippen LogP contribution in [0.4, 0.5) is 4.79 Å². The van der Waals surface area contributed by atoms with Crippen molar-refractivity contribution >= 4 is 23.6 Å². The summed E-state index contributed by atoms with van der Waals surface area (Å²) in [6.45, 7) is 8.09. The number of carbonyl (C=O) groups excluding carboxylic acids is 2. The van der Waals surface area contributed by atoms with Crippen molar-refractivity contribution in [2.24, 2.45) is 5.73 Å². The average molecular weight is 645 g/mol. The number of hydrogen-bond acceptors (Lipinski definition) is 5. The lowest BCUT2D eigenvalue weighted by atomic mass is 9.71. The van der Waals surface area contributed by atoms with Gasteiger partial charge in [-0.2, -0.15) is 0 Å². The van der Waals surface area contributed by atoms with Gasteiger partial charge in [0.2, 0.25) is 0 Å². The summed E-state index contributed by atoms with van der Waals surface area (Å²) in [4.78, 5) is 30.6. The Kier molecular flexibility index (Phi) is 11.4. The molecule has 0 radical (unpaired) electrons. The summed E-state index contributed by atoms with van der Waals surface area (Å²) in [5.74, 6) is -0.171. The molecule has 0 saturated carbocycles. The van der Waals surface area contributed by atoms with Crippen LogP contribution < -0.4 is 11.1 Å². The number of piperidine rings is 2. The first-order chi connectivity index (χ1) is 22.2. The molecular formula is C38H49ClN4O3. The van der Waals surface area contributed by atoms with Crippen LogP contribution in [0.15, 0.2) is 84.9 Å². The van der Waals surface area contributed by atoms with Crippen LogP contribution >= 0.6 is 11.6 Å². The molecule has 3 aromatic rings. The van der Waals surface area contributed by atoms with Crippen molar-refractivity contribution < 1.29 is 14.3 Å². The zero-order valence-corrected chi connectivity index (χ0v) is 28.1. The van der Waals surface area contributed by atoms with Gasteiger partial charge in [-0.3, -0.25) is 4.79 Å². The Hall–Kier alpha value is -3.39. The number of urea groups is 1. The predicted molar refractivity (Wildman–Crippen MR) is 185 cm³/mol. The van der Waals surface area contributed by atoms with E-state index in [2.05, 4.69) is 65.7 Å². The third-order valence-corrected chi connectivity index (χ3v) is 10.3. The van der Waals surface area contributed by atoms with Crippen molar-refractivity contribution in [2.45, 2.75) is 81.9 Å². The highest BCUT2D eigenvalue weighted by Gasteiger charge is 2.43. The maximum absolute atomic E-state index is 13.4. The second-order valence-corrected chi connectivity index (χ2v) is 13.6. The summed E-state index contributed by atoms with van der Waals surface area (Å²) < 4.78 is 6.27. The zero-order valence-electron chi connectivity index (χ0n) is 27.3. The van der Waals surface area contributed by atoms with Crippen LogP contribution in [0, 0.1) is 0 Å². The molecule has 2 aliphatic rings. The molecule has 5 rings (SSSR count). The van der Waals surface area contributed by atoms with Crippen molar-refractivity contribution in [3.63, 3.8) is 0 Å². The Morgan fingerprint density at radius 3 is 2.15 bits per heavy atom. The highest BCUT2D eigenvalue weighted by atomic mass is 35.5. The SMILES string of the molecule is CCCC(=O)OC1(c2ccc(Cl)cc2)CCN(CC(CC(C)(c2ccccc2)c2ccccc2)N(C(N)=O)C2CCCNC2)CC1. The molecule has 246 valence electrons. The zero-order chi connectivity index (χ0) is 32.6. The Bertz CT molecular complexity index is 1370. The van der Waals surface area contributed by atoms with Crippen molar-refractivity contribution in [2.75, 3.05) is 32.7 Å². The van der Waals surface area contributed by atoms with Gasteiger partial charge in [0.05, 0.1) is 0 Å². The predicted octanol–water partition coefficient (Wildman–Crippen LogP) is 6.87. The summed E-state index contributed by atoms with van der Waals surface area (Å²) in [7, 11) is 0. The smallest absolute Gasteiger partial charge is 0.315 e. The van der Waals surface area contributed by atoms with Crippen LogP contribution in [0.1, 0.15) is 75.5 Å². The van der Waals surface area contributed by atoms with Gasteiger partial charge in [-0.1, -0.05) is 98.2 Å². The van der Waals surface area contributed by atoms with Crippen molar-refractivity contribution in [1.82, 2.24) is 15.1 Å². The van der Waals surface area contributed by atoms with Gasteiger partial charge in [0.15, 0.2) is 0 Å². The Morgan fingerprint density at radius 1 is 1.02 bits per heavy atom. The number of nitrogens with zero attached hydrogens (tertiary/aromatic N) is 2. The van der Waals surface area contributed by atoms with E-state index < -0.39 is 5.60 Å². The number of nitrogens with one attached hydrogen (secondary N) is 1. The molecule has 0 spiro atoms. The highest BCUT2D eigenvalue weighted by molar-refractivity contribution is 6.30. The van der Waals surface area contributed by atoms with Crippen LogP contribution in [0.3, 0.4) is 0 Å². The van der Waals surface area contributed by atoms with Gasteiger partial charge in [0.25, 0.3) is 0 Å². The van der Waals surface area contributed by atoms with Gasteiger partial charge in [-0.05, 0) is 61.1 Å². The summed E-state index contributed by atoms with van der Waals surface area (Å²) in [6.07, 6.45) is 5.09. The third-order valence-electron chi connectivity index (χ3n) is 10.0. The molecular weight excluding hydrogens is 596 g/mol. The van der Waals surface area contributed by atoms with Crippen LogP contribution in [-0.4, -0.2) is 66.6 Å². The van der Waals surface area contributed by atoms with Gasteiger partial charge in [-0.25, -0.2) is 4.79 Å². The largest absolute Gasteiger partial charge is 0.454 e. The fraction of sp³-hybridized carbons (Fsp3) is 0.474. The number of hydrogen-bond donors (Lipinski definition) is 2. The second kappa shape index (κ2) is 15.5. The Labute approximate surface area is 279 Å². The summed E-state index contributed by atoms with van der Waals surface area (Å²) in [6, 6.07) is 28.4. The molecule has 8 heteroatoms. The van der Waals surface area contributed by atoms with Gasteiger partial charge in [0, 0.05) is 68.0 Å². The van der Waals surface area contributed by atoms with Gasteiger partial charge in [0.1, 0.15) is 5.60 Å². The quantitative estimate of drug-likeness (QED) is 0.210. The van der Waals surface area contributed by atoms with Gasteiger partial charge in [-0.15, -0.1) is 0 Å². The first-order valence-corrected chi connectivity index (χ1v) is 17.2. The van der Waals surface area contributed by atoms with E-state index in [0.29, 0.717) is 37.3 Å². The number of carbonyl (C=O) groups is 2. The van der Waals surface area contributed by atoms with Crippen LogP contribution in [0.5, 0.6) is 0 Å². The second-order valence-electron chi connectivity index (χ2n) is 13.2. The van der Waals surface area contributed by atoms with Gasteiger partial charge >= 0.3 is 12.0 Å². The molecule has 2 heterocycles. The van der Waals surface area contributed by atoms with Crippen LogP contribution in [0.2, 0.25) is 5.02 Å². The number of ether oxygens (including phenoxy) is 1. The van der Waals surface area contributed by atoms with Gasteiger partial charge < -0.3 is 25.6 Å². The van der Waals surface area contributed by atoms with E-state index in [1.165, 1.54) is 11.1 Å². The number of amides is 2. The molecule has 2 saturated heterocycles. The lowest BCUT2D eigenvalue weighted by Crippen LogP contribution is -2.59. The number of halogens is 1. The molecule has 0 aromatic heterocycles. The van der Waals surface area contributed by atoms with Crippen LogP contribution in [-0.2, 0) is 20.5 Å². The standard InChI is InChI=1S/C38H49ClN4O3/c1-3-11-35(44)46-38(31-17-19-32(39)20-18-31)21-24-42(25-22-38)28-34(43(36(40)45)33-16-10-23-41-27-33)26-37(2,29-12-6-4-7-13-29)30-14-8-5-9-15-30/h4-9,12-15,17-20,33-34,41H,3,10-11,16,21-28H2,1-2H3,(H2,40,45). The molecule has 2 fully saturated rings. The normalized spacial score (nSPS) is 19.2. The molecule has 2 unspecified atom stereocenters. The fourth-order valence-electron chi connectivity index (χ4n) is 7.54. The van der Waals surface area contributed by atoms with E-state index in [1.54, 1.807) is 0 Å². The van der Waals surface area contributed by atoms with E-state index >= 15 is 0 Å². The topological polar surface area (TPSA) is 87.9 Å². The molecule has 2 aliphatic heterocycles. The van der Waals surface area contributed by atoms with Crippen molar-refractivity contribution in [3.8, 4) is 0 Å². The summed E-state index contributed by atoms with van der Waals surface area (Å²) in [5.41, 5.74) is 8.59. The summed E-state index contributed by atoms with van der Waals surface area (Å²) in [5, 5.41) is 4.15. The molecule has 7 nitrogen and oxygen atoms in total. The maximum atomic E-state index is 13.4. The lowest BCUT2D eigenvalue weighted by molar-refractivity contribution is -0.167. The Balaban J connectivity index is 1.45. The van der Waals surface area contributed by atoms with E-state index in [4.69, 9.17) is 22.1 Å². The van der Waals surface area contributed by atoms with Crippen LogP contribution in [0.25, 0.3) is 0 Å². The van der Waals surface area contributed by atoms with Crippen molar-refractivity contribution in [1.29, 1.82) is 0 Å². The fourth-order valence-corrected chi connectivity index (χ4v) is 7.66. The maximum Gasteiger partial charge on any atom is 0.315 e. The lowest BCUT2D eigenvalue weighted by Gasteiger charge is -2.47. The minimum Gasteiger partial charge on any atom is -0.454 e.